The summed E-state index contributed by atoms with van der Waals surface area (Å²) in [5.41, 5.74) is 15.2. The molecule has 0 aromatic heterocycles. The molecule has 0 saturated carbocycles. The van der Waals surface area contributed by atoms with Crippen molar-refractivity contribution in [1.82, 2.24) is 0 Å². The molecule has 8 aromatic carbocycles. The second-order valence-corrected chi connectivity index (χ2v) is 24.8. The van der Waals surface area contributed by atoms with E-state index in [-0.39, 0.29) is 5.41 Å². The van der Waals surface area contributed by atoms with Gasteiger partial charge in [0.1, 0.15) is 0 Å². The van der Waals surface area contributed by atoms with E-state index in [2.05, 4.69) is 185 Å². The zero-order valence-corrected chi connectivity index (χ0v) is 50.3. The highest BCUT2D eigenvalue weighted by Crippen LogP contribution is 2.57. The van der Waals surface area contributed by atoms with E-state index in [0.717, 1.165) is 13.1 Å². The minimum absolute atomic E-state index is 0.0647. The van der Waals surface area contributed by atoms with Crippen molar-refractivity contribution in [3.05, 3.63) is 167 Å². The van der Waals surface area contributed by atoms with Crippen LogP contribution in [0.25, 0.3) is 54.2 Å². The summed E-state index contributed by atoms with van der Waals surface area (Å²) >= 11 is 0. The van der Waals surface area contributed by atoms with Gasteiger partial charge in [0.2, 0.25) is 0 Å². The lowest BCUT2D eigenvalue weighted by molar-refractivity contribution is 0.398. The highest BCUT2D eigenvalue weighted by Gasteiger charge is 2.43. The molecule has 0 atom stereocenters. The minimum Gasteiger partial charge on any atom is -0.374 e. The lowest BCUT2D eigenvalue weighted by Gasteiger charge is -2.35. The van der Waals surface area contributed by atoms with Crippen LogP contribution in [-0.4, -0.2) is 27.2 Å². The molecule has 2 nitrogen and oxygen atoms in total. The molecule has 8 aromatic rings. The van der Waals surface area contributed by atoms with Crippen molar-refractivity contribution in [2.75, 3.05) is 37.0 Å². The van der Waals surface area contributed by atoms with Gasteiger partial charge >= 0.3 is 0 Å². The summed E-state index contributed by atoms with van der Waals surface area (Å²) in [6.45, 7) is 11.7. The lowest BCUT2D eigenvalue weighted by Crippen LogP contribution is -2.27. The molecule has 0 aliphatic heterocycles. The van der Waals surface area contributed by atoms with Gasteiger partial charge in [-0.25, -0.2) is 0 Å². The molecular formula is C77H100N2. The number of rotatable bonds is 34. The summed E-state index contributed by atoms with van der Waals surface area (Å²) in [5, 5.41) is 10.8. The van der Waals surface area contributed by atoms with Crippen molar-refractivity contribution >= 4 is 54.5 Å². The molecule has 1 aliphatic rings. The molecule has 0 saturated heterocycles. The summed E-state index contributed by atoms with van der Waals surface area (Å²) in [4.78, 5) is 5.25. The molecule has 0 heterocycles. The number of anilines is 2. The first-order valence-corrected chi connectivity index (χ1v) is 32.3. The van der Waals surface area contributed by atoms with Crippen molar-refractivity contribution in [3.8, 4) is 11.1 Å². The van der Waals surface area contributed by atoms with Crippen LogP contribution in [0.4, 0.5) is 11.4 Å². The number of hydrogen-bond acceptors (Lipinski definition) is 2. The predicted molar refractivity (Wildman–Crippen MR) is 350 cm³/mol. The zero-order chi connectivity index (χ0) is 54.8. The van der Waals surface area contributed by atoms with Gasteiger partial charge in [-0.3, -0.25) is 0 Å². The van der Waals surface area contributed by atoms with Gasteiger partial charge in [0.05, 0.1) is 0 Å². The van der Waals surface area contributed by atoms with Gasteiger partial charge in [-0.05, 0) is 201 Å². The lowest BCUT2D eigenvalue weighted by atomic mass is 9.70. The maximum absolute atomic E-state index is 2.72. The highest BCUT2D eigenvalue weighted by atomic mass is 15.1. The first-order chi connectivity index (χ1) is 38.7. The van der Waals surface area contributed by atoms with Crippen LogP contribution in [0, 0.1) is 13.8 Å². The van der Waals surface area contributed by atoms with Crippen LogP contribution < -0.4 is 9.80 Å². The average molecular weight is 1050 g/mol. The van der Waals surface area contributed by atoms with Crippen molar-refractivity contribution in [2.24, 2.45) is 0 Å². The van der Waals surface area contributed by atoms with Crippen LogP contribution in [0.3, 0.4) is 0 Å². The quantitative estimate of drug-likeness (QED) is 0.0293. The Balaban J connectivity index is 0.812. The summed E-state index contributed by atoms with van der Waals surface area (Å²) in [6, 6.07) is 51.8. The van der Waals surface area contributed by atoms with Crippen LogP contribution >= 0.6 is 0 Å². The largest absolute Gasteiger partial charge is 0.374 e. The fourth-order valence-corrected chi connectivity index (χ4v) is 14.0. The fourth-order valence-electron chi connectivity index (χ4n) is 14.0. The van der Waals surface area contributed by atoms with Crippen molar-refractivity contribution < 1.29 is 0 Å². The summed E-state index contributed by atoms with van der Waals surface area (Å²) in [7, 11) is 4.77. The fraction of sp³-hybridized carbons (Fsp3) is 0.481. The zero-order valence-electron chi connectivity index (χ0n) is 50.3. The molecule has 0 bridgehead atoms. The Labute approximate surface area is 479 Å². The van der Waals surface area contributed by atoms with E-state index >= 15 is 0 Å². The van der Waals surface area contributed by atoms with E-state index < -0.39 is 0 Å². The highest BCUT2D eigenvalue weighted by molar-refractivity contribution is 5.99. The first-order valence-electron chi connectivity index (χ1n) is 32.3. The van der Waals surface area contributed by atoms with Gasteiger partial charge in [-0.15, -0.1) is 0 Å². The van der Waals surface area contributed by atoms with Crippen LogP contribution in [0.15, 0.2) is 133 Å². The Hall–Kier alpha value is -5.60. The standard InChI is InChI=1S/C77H100N2/c1-7-9-11-13-21-31-45-77(46-32-22-14-12-10-8-2)73-57-75(78(5)47-33-23-17-15-19-25-35-61-41-43-67-53-63-37-27-29-39-65(63)55-69(67)51-61)59(3)49-71(73)72-50-60(4)76(58-74(72)77)79(6)48-34-24-18-16-20-26-36-62-42-44-68-54-64-38-28-30-40-66(64)56-70(68)52-62/h27-30,37-44,49-58H,7-26,31-36,45-48H2,1-6H3. The molecule has 0 radical (unpaired) electrons. The van der Waals surface area contributed by atoms with Gasteiger partial charge in [0, 0.05) is 44.0 Å². The molecule has 0 unspecified atom stereocenters. The molecule has 9 rings (SSSR count). The number of nitrogens with zero attached hydrogens (tertiary/aromatic N) is 2. The summed E-state index contributed by atoms with van der Waals surface area (Å²) in [6.07, 6.45) is 36.7. The number of unbranched alkanes of at least 4 members (excludes halogenated alkanes) is 20. The molecule has 0 spiro atoms. The normalized spacial score (nSPS) is 12.8. The van der Waals surface area contributed by atoms with E-state index in [4.69, 9.17) is 0 Å². The van der Waals surface area contributed by atoms with Gasteiger partial charge in [-0.2, -0.15) is 0 Å². The maximum atomic E-state index is 2.72. The maximum Gasteiger partial charge on any atom is 0.0396 e. The smallest absolute Gasteiger partial charge is 0.0396 e. The van der Waals surface area contributed by atoms with E-state index in [1.165, 1.54) is 268 Å². The molecule has 0 fully saturated rings. The molecule has 2 heteroatoms. The topological polar surface area (TPSA) is 6.48 Å². The Morgan fingerprint density at radius 1 is 0.316 bits per heavy atom. The van der Waals surface area contributed by atoms with Gasteiger partial charge < -0.3 is 9.80 Å². The number of benzene rings is 8. The number of fused-ring (bicyclic) bond motifs is 7. The van der Waals surface area contributed by atoms with Crippen LogP contribution in [0.5, 0.6) is 0 Å². The monoisotopic (exact) mass is 1050 g/mol. The summed E-state index contributed by atoms with van der Waals surface area (Å²) < 4.78 is 0. The summed E-state index contributed by atoms with van der Waals surface area (Å²) in [5.74, 6) is 0. The Kier molecular flexibility index (Phi) is 21.5. The van der Waals surface area contributed by atoms with E-state index in [1.54, 1.807) is 11.1 Å². The average Bonchev–Trinajstić information content (AvgIpc) is 3.59. The van der Waals surface area contributed by atoms with E-state index in [1.807, 2.05) is 0 Å². The van der Waals surface area contributed by atoms with Crippen LogP contribution in [-0.2, 0) is 18.3 Å². The number of aryl methyl sites for hydroxylation is 4. The van der Waals surface area contributed by atoms with Crippen LogP contribution in [0.2, 0.25) is 0 Å². The number of hydrogen-bond donors (Lipinski definition) is 0. The van der Waals surface area contributed by atoms with E-state index in [0.29, 0.717) is 0 Å². The molecule has 1 aliphatic carbocycles. The van der Waals surface area contributed by atoms with Gasteiger partial charge in [0.25, 0.3) is 0 Å². The second kappa shape index (κ2) is 29.2. The third kappa shape index (κ3) is 15.1. The second-order valence-electron chi connectivity index (χ2n) is 24.8. The third-order valence-corrected chi connectivity index (χ3v) is 18.7. The molecule has 0 amide bonds. The minimum atomic E-state index is 0.0647. The van der Waals surface area contributed by atoms with Crippen LogP contribution in [0.1, 0.15) is 214 Å². The van der Waals surface area contributed by atoms with Crippen molar-refractivity contribution in [1.29, 1.82) is 0 Å². The predicted octanol–water partition coefficient (Wildman–Crippen LogP) is 22.7. The Morgan fingerprint density at radius 2 is 0.646 bits per heavy atom. The van der Waals surface area contributed by atoms with Gasteiger partial charge in [-0.1, -0.05) is 227 Å². The first kappa shape index (κ1) is 58.1. The molecule has 418 valence electrons. The van der Waals surface area contributed by atoms with Crippen molar-refractivity contribution in [2.45, 2.75) is 213 Å². The molecule has 79 heavy (non-hydrogen) atoms. The van der Waals surface area contributed by atoms with E-state index in [9.17, 15) is 0 Å². The molecule has 0 N–H and O–H groups in total. The molecular weight excluding hydrogens is 953 g/mol. The Morgan fingerprint density at radius 3 is 1.04 bits per heavy atom. The SMILES string of the molecule is CCCCCCCCC1(CCCCCCCC)c2cc(N(C)CCCCCCCCc3ccc4cc5ccccc5cc4c3)c(C)cc2-c2cc(C)c(N(C)CCCCCCCCc3ccc4cc5ccccc5cc4c3)cc21. The third-order valence-electron chi connectivity index (χ3n) is 18.7. The van der Waals surface area contributed by atoms with Crippen molar-refractivity contribution in [3.63, 3.8) is 0 Å². The van der Waals surface area contributed by atoms with Gasteiger partial charge in [0.15, 0.2) is 0 Å². The Bertz CT molecular complexity index is 2980.